The van der Waals surface area contributed by atoms with Crippen molar-refractivity contribution in [3.63, 3.8) is 0 Å². The fourth-order valence-electron chi connectivity index (χ4n) is 7.10. The Morgan fingerprint density at radius 1 is 0.721 bits per heavy atom. The van der Waals surface area contributed by atoms with E-state index in [0.717, 1.165) is 43.0 Å². The third kappa shape index (κ3) is 11.3. The fraction of sp³-hybridized carbons (Fsp3) is 0.326. The molecule has 322 valence electrons. The first-order valence-corrected chi connectivity index (χ1v) is 20.7. The number of alkyl carbamates (subject to hydrolysis) is 1. The summed E-state index contributed by atoms with van der Waals surface area (Å²) in [7, 11) is -4.60. The smallest absolute Gasteiger partial charge is 0.480 e. The first kappa shape index (κ1) is 44.3. The number of para-hydroxylation sites is 2. The molecule has 1 heterocycles. The number of carboxylic acids is 1. The third-order valence-electron chi connectivity index (χ3n) is 9.64. The van der Waals surface area contributed by atoms with Gasteiger partial charge < -0.3 is 48.5 Å². The molecule has 4 aromatic carbocycles. The quantitative estimate of drug-likeness (QED) is 0.0653. The fourth-order valence-corrected chi connectivity index (χ4v) is 8.33. The number of carboxylic acid groups (broad SMARTS) is 1. The normalized spacial score (nSPS) is 20.4. The molecule has 0 spiro atoms. The molecule has 0 unspecified atom stereocenters. The van der Waals surface area contributed by atoms with Crippen LogP contribution in [0.25, 0.3) is 11.1 Å². The van der Waals surface area contributed by atoms with Gasteiger partial charge in [-0.2, -0.15) is 0 Å². The molecule has 1 fully saturated rings. The highest BCUT2D eigenvalue weighted by Gasteiger charge is 2.53. The van der Waals surface area contributed by atoms with Crippen LogP contribution in [0.15, 0.2) is 109 Å². The Kier molecular flexibility index (Phi) is 14.4. The number of hydrogen-bond donors (Lipinski definition) is 3. The number of phosphoric ester groups is 1. The van der Waals surface area contributed by atoms with E-state index in [1.807, 2.05) is 48.5 Å². The van der Waals surface area contributed by atoms with E-state index in [2.05, 4.69) is 10.6 Å². The number of aliphatic carboxylic acids is 1. The summed E-state index contributed by atoms with van der Waals surface area (Å²) < 4.78 is 60.6. The number of fused-ring (bicyclic) bond motifs is 3. The predicted octanol–water partition coefficient (Wildman–Crippen LogP) is 5.76. The summed E-state index contributed by atoms with van der Waals surface area (Å²) >= 11 is 0. The maximum atomic E-state index is 14.3. The van der Waals surface area contributed by atoms with Crippen LogP contribution < -0.4 is 19.7 Å². The number of carbonyl (C=O) groups excluding carboxylic acids is 4. The molecule has 0 bridgehead atoms. The van der Waals surface area contributed by atoms with Crippen molar-refractivity contribution < 1.29 is 70.9 Å². The van der Waals surface area contributed by atoms with Gasteiger partial charge in [0.15, 0.2) is 24.5 Å². The first-order chi connectivity index (χ1) is 29.2. The standard InChI is InChI=1S/C43H45N2O15P/c1-25(37(41(49)50)45-43(51)53-23-35-33-21-13-11-19-31(33)32-20-12-14-22-34(32)35)55-42-38(44-26(2)46)40(57-28(4)48)39(56-27(3)47)36(58-42)24-54-61(52,59-29-15-7-5-8-16-29)60-30-17-9-6-10-18-30/h5-22,25,35-40,42H,23-24H2,1-4H3,(H,44,46)(H,45,51)(H,49,50)/t25-,36-,37+,38-,39-,40-,42-/m1/s1. The van der Waals surface area contributed by atoms with Crippen LogP contribution in [0.3, 0.4) is 0 Å². The largest absolute Gasteiger partial charge is 0.587 e. The zero-order valence-corrected chi connectivity index (χ0v) is 34.4. The van der Waals surface area contributed by atoms with Crippen molar-refractivity contribution in [2.45, 2.75) is 76.4 Å². The summed E-state index contributed by atoms with van der Waals surface area (Å²) in [6, 6.07) is 28.2. The van der Waals surface area contributed by atoms with Gasteiger partial charge in [-0.05, 0) is 53.4 Å². The van der Waals surface area contributed by atoms with Gasteiger partial charge in [0.2, 0.25) is 5.91 Å². The van der Waals surface area contributed by atoms with E-state index in [0.29, 0.717) is 0 Å². The summed E-state index contributed by atoms with van der Waals surface area (Å²) in [6.07, 6.45) is -8.75. The van der Waals surface area contributed by atoms with Crippen LogP contribution in [0.2, 0.25) is 0 Å². The lowest BCUT2D eigenvalue weighted by Gasteiger charge is -2.46. The van der Waals surface area contributed by atoms with Gasteiger partial charge in [0.05, 0.1) is 12.7 Å². The first-order valence-electron chi connectivity index (χ1n) is 19.2. The number of carbonyl (C=O) groups is 5. The van der Waals surface area contributed by atoms with Gasteiger partial charge in [-0.15, -0.1) is 0 Å². The van der Waals surface area contributed by atoms with Gasteiger partial charge in [0.1, 0.15) is 30.3 Å². The minimum atomic E-state index is -4.60. The summed E-state index contributed by atoms with van der Waals surface area (Å²) in [6.45, 7) is 3.79. The van der Waals surface area contributed by atoms with Crippen molar-refractivity contribution >= 4 is 37.7 Å². The van der Waals surface area contributed by atoms with Crippen molar-refractivity contribution in [1.82, 2.24) is 10.6 Å². The molecule has 1 saturated heterocycles. The van der Waals surface area contributed by atoms with Crippen molar-refractivity contribution in [2.75, 3.05) is 13.2 Å². The van der Waals surface area contributed by atoms with E-state index in [9.17, 15) is 33.6 Å². The van der Waals surface area contributed by atoms with Crippen molar-refractivity contribution in [3.8, 4) is 22.6 Å². The minimum Gasteiger partial charge on any atom is -0.480 e. The molecular weight excluding hydrogens is 815 g/mol. The molecule has 18 heteroatoms. The second kappa shape index (κ2) is 19.9. The van der Waals surface area contributed by atoms with Crippen LogP contribution in [-0.2, 0) is 52.0 Å². The minimum absolute atomic E-state index is 0.104. The SMILES string of the molecule is CC(=O)N[C@H]1[C@H](O[C@H](C)[C@H](NC(=O)OCC2c3ccccc3-c3ccccc32)C(=O)O)O[C@H](COP(=O)(Oc2ccccc2)Oc2ccccc2)[C@@H](OC(C)=O)[C@@H]1OC(C)=O. The molecule has 17 nitrogen and oxygen atoms in total. The average molecular weight is 861 g/mol. The molecular formula is C43H45N2O15P. The van der Waals surface area contributed by atoms with Crippen molar-refractivity contribution in [1.29, 1.82) is 0 Å². The Labute approximate surface area is 351 Å². The third-order valence-corrected chi connectivity index (χ3v) is 11.0. The monoisotopic (exact) mass is 860 g/mol. The lowest BCUT2D eigenvalue weighted by Crippen LogP contribution is -2.67. The van der Waals surface area contributed by atoms with Crippen LogP contribution in [0.1, 0.15) is 44.7 Å². The Hall–Kier alpha value is -6.26. The number of amides is 2. The van der Waals surface area contributed by atoms with Gasteiger partial charge in [-0.1, -0.05) is 84.9 Å². The van der Waals surface area contributed by atoms with Crippen LogP contribution in [0, 0.1) is 0 Å². The Morgan fingerprint density at radius 2 is 1.23 bits per heavy atom. The Bertz CT molecular complexity index is 2150. The lowest BCUT2D eigenvalue weighted by molar-refractivity contribution is -0.286. The maximum Gasteiger partial charge on any atom is 0.587 e. The van der Waals surface area contributed by atoms with Gasteiger partial charge in [-0.25, -0.2) is 14.2 Å². The van der Waals surface area contributed by atoms with E-state index in [4.69, 9.17) is 37.3 Å². The summed E-state index contributed by atoms with van der Waals surface area (Å²) in [4.78, 5) is 63.5. The number of hydrogen-bond acceptors (Lipinski definition) is 14. The highest BCUT2D eigenvalue weighted by atomic mass is 31.2. The maximum absolute atomic E-state index is 14.3. The summed E-state index contributed by atoms with van der Waals surface area (Å²) in [5, 5.41) is 15.2. The van der Waals surface area contributed by atoms with Crippen LogP contribution in [0.5, 0.6) is 11.5 Å². The second-order valence-corrected chi connectivity index (χ2v) is 15.6. The zero-order valence-electron chi connectivity index (χ0n) is 33.5. The summed E-state index contributed by atoms with van der Waals surface area (Å²) in [5.41, 5.74) is 3.90. The van der Waals surface area contributed by atoms with Crippen LogP contribution in [0.4, 0.5) is 4.79 Å². The Balaban J connectivity index is 1.23. The topological polar surface area (TPSA) is 221 Å². The molecule has 6 rings (SSSR count). The van der Waals surface area contributed by atoms with E-state index in [1.54, 1.807) is 36.4 Å². The number of rotatable bonds is 17. The molecule has 3 N–H and O–H groups in total. The molecule has 2 amide bonds. The van der Waals surface area contributed by atoms with Crippen molar-refractivity contribution in [3.05, 3.63) is 120 Å². The highest BCUT2D eigenvalue weighted by Crippen LogP contribution is 2.50. The number of nitrogens with one attached hydrogen (secondary N) is 2. The number of ether oxygens (including phenoxy) is 5. The number of phosphoric acid groups is 1. The van der Waals surface area contributed by atoms with Gasteiger partial charge in [0.25, 0.3) is 0 Å². The summed E-state index contributed by atoms with van der Waals surface area (Å²) in [5.74, 6) is -3.97. The van der Waals surface area contributed by atoms with Gasteiger partial charge in [0, 0.05) is 26.7 Å². The number of esters is 2. The lowest BCUT2D eigenvalue weighted by atomic mass is 9.96. The van der Waals surface area contributed by atoms with Gasteiger partial charge in [-0.3, -0.25) is 18.9 Å². The molecule has 0 aromatic heterocycles. The van der Waals surface area contributed by atoms with Crippen LogP contribution >= 0.6 is 7.82 Å². The molecule has 1 aliphatic carbocycles. The zero-order chi connectivity index (χ0) is 43.7. The molecule has 0 saturated carbocycles. The Morgan fingerprint density at radius 3 is 1.74 bits per heavy atom. The molecule has 4 aromatic rings. The van der Waals surface area contributed by atoms with Crippen LogP contribution in [-0.4, -0.2) is 91.0 Å². The highest BCUT2D eigenvalue weighted by molar-refractivity contribution is 7.49. The van der Waals surface area contributed by atoms with Gasteiger partial charge >= 0.3 is 31.8 Å². The molecule has 1 aliphatic heterocycles. The molecule has 2 aliphatic rings. The molecule has 0 radical (unpaired) electrons. The predicted molar refractivity (Wildman–Crippen MR) is 215 cm³/mol. The second-order valence-electron chi connectivity index (χ2n) is 14.1. The van der Waals surface area contributed by atoms with E-state index >= 15 is 0 Å². The average Bonchev–Trinajstić information content (AvgIpc) is 3.54. The number of benzene rings is 4. The van der Waals surface area contributed by atoms with E-state index in [1.165, 1.54) is 31.2 Å². The molecule has 7 atom stereocenters. The van der Waals surface area contributed by atoms with Crippen molar-refractivity contribution in [2.24, 2.45) is 0 Å². The van der Waals surface area contributed by atoms with E-state index < -0.39 is 87.1 Å². The van der Waals surface area contributed by atoms with E-state index in [-0.39, 0.29) is 24.0 Å². The molecule has 61 heavy (non-hydrogen) atoms.